The largest absolute Gasteiger partial charge is 0.322 e. The highest BCUT2D eigenvalue weighted by atomic mass is 16.2. The van der Waals surface area contributed by atoms with Crippen LogP contribution in [0.1, 0.15) is 39.0 Å². The van der Waals surface area contributed by atoms with Gasteiger partial charge in [0.15, 0.2) is 0 Å². The number of urea groups is 1. The van der Waals surface area contributed by atoms with Crippen molar-refractivity contribution in [3.8, 4) is 0 Å². The molecule has 2 atom stereocenters. The molecule has 2 fully saturated rings. The Balaban J connectivity index is 1.67. The van der Waals surface area contributed by atoms with E-state index in [0.717, 1.165) is 31.5 Å². The Kier molecular flexibility index (Phi) is 4.44. The molecular formula is C17H25N3O. The Morgan fingerprint density at radius 3 is 2.52 bits per heavy atom. The number of benzene rings is 1. The predicted molar refractivity (Wildman–Crippen MR) is 85.4 cm³/mol. The van der Waals surface area contributed by atoms with Crippen LogP contribution in [-0.2, 0) is 0 Å². The second-order valence-electron chi connectivity index (χ2n) is 6.25. The van der Waals surface area contributed by atoms with Crippen molar-refractivity contribution >= 4 is 11.7 Å². The number of carbonyl (C=O) groups is 1. The van der Waals surface area contributed by atoms with Crippen molar-refractivity contribution in [2.45, 2.75) is 57.2 Å². The van der Waals surface area contributed by atoms with Gasteiger partial charge in [0.05, 0.1) is 0 Å². The molecule has 114 valence electrons. The molecule has 2 amide bonds. The monoisotopic (exact) mass is 287 g/mol. The number of nitrogens with one attached hydrogen (secondary N) is 2. The van der Waals surface area contributed by atoms with Gasteiger partial charge in [-0.25, -0.2) is 4.79 Å². The fourth-order valence-electron chi connectivity index (χ4n) is 3.69. The summed E-state index contributed by atoms with van der Waals surface area (Å²) in [5, 5.41) is 6.69. The zero-order valence-electron chi connectivity index (χ0n) is 12.7. The molecule has 1 aromatic rings. The summed E-state index contributed by atoms with van der Waals surface area (Å²) in [6, 6.07) is 11.4. The number of hydrogen-bond acceptors (Lipinski definition) is 2. The van der Waals surface area contributed by atoms with Gasteiger partial charge in [0.2, 0.25) is 0 Å². The van der Waals surface area contributed by atoms with Crippen molar-refractivity contribution in [1.29, 1.82) is 0 Å². The van der Waals surface area contributed by atoms with Crippen LogP contribution in [0.3, 0.4) is 0 Å². The number of amides is 2. The summed E-state index contributed by atoms with van der Waals surface area (Å²) >= 11 is 0. The van der Waals surface area contributed by atoms with E-state index < -0.39 is 0 Å². The molecule has 2 saturated heterocycles. The maximum absolute atomic E-state index is 12.6. The maximum atomic E-state index is 12.6. The zero-order chi connectivity index (χ0) is 14.7. The van der Waals surface area contributed by atoms with Crippen LogP contribution >= 0.6 is 0 Å². The average molecular weight is 287 g/mol. The second-order valence-corrected chi connectivity index (χ2v) is 6.25. The molecule has 2 unspecified atom stereocenters. The molecular weight excluding hydrogens is 262 g/mol. The fraction of sp³-hybridized carbons (Fsp3) is 0.588. The lowest BCUT2D eigenvalue weighted by Gasteiger charge is -2.37. The molecule has 0 aliphatic carbocycles. The van der Waals surface area contributed by atoms with Crippen LogP contribution in [0.15, 0.2) is 30.3 Å². The Morgan fingerprint density at radius 2 is 1.90 bits per heavy atom. The molecule has 0 spiro atoms. The summed E-state index contributed by atoms with van der Waals surface area (Å²) in [6.07, 6.45) is 5.72. The SMILES string of the molecule is CCCN(C(=O)Nc1ccccc1)C1CC2CCC(C1)N2. The van der Waals surface area contributed by atoms with Crippen LogP contribution in [0.5, 0.6) is 0 Å². The van der Waals surface area contributed by atoms with Gasteiger partial charge in [-0.3, -0.25) is 0 Å². The van der Waals surface area contributed by atoms with E-state index in [1.807, 2.05) is 30.3 Å². The van der Waals surface area contributed by atoms with E-state index in [2.05, 4.69) is 22.5 Å². The van der Waals surface area contributed by atoms with Crippen LogP contribution in [0, 0.1) is 0 Å². The van der Waals surface area contributed by atoms with E-state index in [0.29, 0.717) is 18.1 Å². The van der Waals surface area contributed by atoms with Gasteiger partial charge in [-0.1, -0.05) is 25.1 Å². The lowest BCUT2D eigenvalue weighted by molar-refractivity contribution is 0.157. The number of carbonyl (C=O) groups excluding carboxylic acids is 1. The molecule has 0 radical (unpaired) electrons. The van der Waals surface area contributed by atoms with Gasteiger partial charge in [0, 0.05) is 30.4 Å². The summed E-state index contributed by atoms with van der Waals surface area (Å²) in [7, 11) is 0. The summed E-state index contributed by atoms with van der Waals surface area (Å²) in [4.78, 5) is 14.7. The predicted octanol–water partition coefficient (Wildman–Crippen LogP) is 3.21. The topological polar surface area (TPSA) is 44.4 Å². The minimum absolute atomic E-state index is 0.0503. The molecule has 2 heterocycles. The number of piperidine rings is 1. The van der Waals surface area contributed by atoms with Crippen molar-refractivity contribution in [3.63, 3.8) is 0 Å². The van der Waals surface area contributed by atoms with Crippen LogP contribution < -0.4 is 10.6 Å². The van der Waals surface area contributed by atoms with E-state index in [1.165, 1.54) is 12.8 Å². The molecule has 2 N–H and O–H groups in total. The van der Waals surface area contributed by atoms with Gasteiger partial charge < -0.3 is 15.5 Å². The van der Waals surface area contributed by atoms with E-state index in [4.69, 9.17) is 0 Å². The van der Waals surface area contributed by atoms with Gasteiger partial charge in [-0.05, 0) is 44.2 Å². The number of rotatable bonds is 4. The minimum atomic E-state index is 0.0503. The Morgan fingerprint density at radius 1 is 1.24 bits per heavy atom. The third-order valence-corrected chi connectivity index (χ3v) is 4.64. The first kappa shape index (κ1) is 14.4. The highest BCUT2D eigenvalue weighted by Crippen LogP contribution is 2.30. The maximum Gasteiger partial charge on any atom is 0.322 e. The molecule has 2 aliphatic heterocycles. The van der Waals surface area contributed by atoms with Crippen molar-refractivity contribution < 1.29 is 4.79 Å². The molecule has 2 bridgehead atoms. The van der Waals surface area contributed by atoms with E-state index in [1.54, 1.807) is 0 Å². The summed E-state index contributed by atoms with van der Waals surface area (Å²) in [5.74, 6) is 0. The first-order valence-corrected chi connectivity index (χ1v) is 8.15. The first-order valence-electron chi connectivity index (χ1n) is 8.15. The molecule has 1 aromatic carbocycles. The second kappa shape index (κ2) is 6.48. The van der Waals surface area contributed by atoms with Gasteiger partial charge in [-0.2, -0.15) is 0 Å². The molecule has 4 nitrogen and oxygen atoms in total. The van der Waals surface area contributed by atoms with E-state index >= 15 is 0 Å². The Bertz CT molecular complexity index is 464. The first-order chi connectivity index (χ1) is 10.3. The normalized spacial score (nSPS) is 27.4. The third-order valence-electron chi connectivity index (χ3n) is 4.64. The van der Waals surface area contributed by atoms with Crippen LogP contribution in [0.2, 0.25) is 0 Å². The van der Waals surface area contributed by atoms with Crippen LogP contribution in [-0.4, -0.2) is 35.6 Å². The lowest BCUT2D eigenvalue weighted by Crippen LogP contribution is -2.51. The molecule has 3 rings (SSSR count). The number of nitrogens with zero attached hydrogens (tertiary/aromatic N) is 1. The minimum Gasteiger partial charge on any atom is -0.321 e. The third kappa shape index (κ3) is 3.38. The summed E-state index contributed by atoms with van der Waals surface area (Å²) in [6.45, 7) is 2.97. The standard InChI is InChI=1S/C17H25N3O/c1-2-10-20(16-11-14-8-9-15(12-16)18-14)17(21)19-13-6-4-3-5-7-13/h3-7,14-16,18H,2,8-12H2,1H3,(H,19,21). The van der Waals surface area contributed by atoms with Crippen molar-refractivity contribution in [3.05, 3.63) is 30.3 Å². The lowest BCUT2D eigenvalue weighted by atomic mass is 9.98. The molecule has 0 aromatic heterocycles. The number of fused-ring (bicyclic) bond motifs is 2. The number of hydrogen-bond donors (Lipinski definition) is 2. The fourth-order valence-corrected chi connectivity index (χ4v) is 3.69. The van der Waals surface area contributed by atoms with Crippen molar-refractivity contribution in [1.82, 2.24) is 10.2 Å². The van der Waals surface area contributed by atoms with Gasteiger partial charge in [0.25, 0.3) is 0 Å². The highest BCUT2D eigenvalue weighted by Gasteiger charge is 2.37. The summed E-state index contributed by atoms with van der Waals surface area (Å²) in [5.41, 5.74) is 0.875. The number of anilines is 1. The molecule has 21 heavy (non-hydrogen) atoms. The Labute approximate surface area is 126 Å². The van der Waals surface area contributed by atoms with Crippen molar-refractivity contribution in [2.75, 3.05) is 11.9 Å². The van der Waals surface area contributed by atoms with Crippen molar-refractivity contribution in [2.24, 2.45) is 0 Å². The highest BCUT2D eigenvalue weighted by molar-refractivity contribution is 5.89. The molecule has 2 aliphatic rings. The quantitative estimate of drug-likeness (QED) is 0.893. The van der Waals surface area contributed by atoms with Gasteiger partial charge in [0.1, 0.15) is 0 Å². The Hall–Kier alpha value is -1.55. The smallest absolute Gasteiger partial charge is 0.321 e. The zero-order valence-corrected chi connectivity index (χ0v) is 12.7. The van der Waals surface area contributed by atoms with E-state index in [-0.39, 0.29) is 6.03 Å². The molecule has 4 heteroatoms. The molecule has 0 saturated carbocycles. The van der Waals surface area contributed by atoms with E-state index in [9.17, 15) is 4.79 Å². The van der Waals surface area contributed by atoms with Crippen LogP contribution in [0.25, 0.3) is 0 Å². The van der Waals surface area contributed by atoms with Crippen LogP contribution in [0.4, 0.5) is 10.5 Å². The summed E-state index contributed by atoms with van der Waals surface area (Å²) < 4.78 is 0. The van der Waals surface area contributed by atoms with Gasteiger partial charge >= 0.3 is 6.03 Å². The average Bonchev–Trinajstić information content (AvgIpc) is 2.84. The van der Waals surface area contributed by atoms with Gasteiger partial charge in [-0.15, -0.1) is 0 Å². The number of para-hydroxylation sites is 1.